The minimum atomic E-state index is -0.0943. The average Bonchev–Trinajstić information content (AvgIpc) is 3.24. The molecule has 23 heavy (non-hydrogen) atoms. The highest BCUT2D eigenvalue weighted by Crippen LogP contribution is 2.26. The predicted molar refractivity (Wildman–Crippen MR) is 87.7 cm³/mol. The molecule has 0 atom stereocenters. The highest BCUT2D eigenvalue weighted by molar-refractivity contribution is 6.30. The predicted octanol–water partition coefficient (Wildman–Crippen LogP) is 3.85. The number of hydrogen-bond acceptors (Lipinski definition) is 4. The number of rotatable bonds is 5. The Labute approximate surface area is 140 Å². The summed E-state index contributed by atoms with van der Waals surface area (Å²) in [5, 5.41) is 8.77. The average molecular weight is 332 g/mol. The molecule has 120 valence electrons. The minimum Gasteiger partial charge on any atom is -0.419 e. The summed E-state index contributed by atoms with van der Waals surface area (Å²) in [6, 6.07) is 7.41. The summed E-state index contributed by atoms with van der Waals surface area (Å²) in [6.07, 6.45) is 5.65. The Morgan fingerprint density at radius 3 is 2.65 bits per heavy atom. The van der Waals surface area contributed by atoms with Gasteiger partial charge in [-0.05, 0) is 43.2 Å². The van der Waals surface area contributed by atoms with Crippen LogP contribution in [0.15, 0.2) is 41.3 Å². The van der Waals surface area contributed by atoms with Gasteiger partial charge in [0.25, 0.3) is 0 Å². The summed E-state index contributed by atoms with van der Waals surface area (Å²) >= 11 is 5.88. The number of nitrogens with zero attached hydrogens (tertiary/aromatic N) is 3. The molecule has 1 saturated carbocycles. The molecule has 0 N–H and O–H groups in total. The number of hydrogen-bond donors (Lipinski definition) is 0. The van der Waals surface area contributed by atoms with Crippen molar-refractivity contribution in [1.82, 2.24) is 15.1 Å². The molecule has 1 aromatic carbocycles. The Kier molecular flexibility index (Phi) is 4.76. The maximum Gasteiger partial charge on any atom is 0.247 e. The zero-order chi connectivity index (χ0) is 16.2. The maximum absolute atomic E-state index is 12.1. The molecule has 0 aliphatic heterocycles. The van der Waals surface area contributed by atoms with Gasteiger partial charge in [0.1, 0.15) is 0 Å². The van der Waals surface area contributed by atoms with Crippen LogP contribution in [-0.4, -0.2) is 27.0 Å². The lowest BCUT2D eigenvalue weighted by atomic mass is 10.2. The SMILES string of the molecule is C=CC(=O)N(Cc1nnc(-c2ccc(Cl)cc2)o1)C1CCCC1. The molecule has 1 aromatic heterocycles. The minimum absolute atomic E-state index is 0.0943. The third kappa shape index (κ3) is 3.62. The molecule has 0 radical (unpaired) electrons. The van der Waals surface area contributed by atoms with E-state index >= 15 is 0 Å². The first kappa shape index (κ1) is 15.7. The molecule has 1 aliphatic carbocycles. The normalized spacial score (nSPS) is 14.8. The fourth-order valence-corrected chi connectivity index (χ4v) is 3.02. The van der Waals surface area contributed by atoms with E-state index in [0.717, 1.165) is 31.2 Å². The van der Waals surface area contributed by atoms with Crippen LogP contribution in [0.1, 0.15) is 31.6 Å². The van der Waals surface area contributed by atoms with Gasteiger partial charge in [-0.15, -0.1) is 10.2 Å². The van der Waals surface area contributed by atoms with Gasteiger partial charge in [-0.1, -0.05) is 31.0 Å². The van der Waals surface area contributed by atoms with Crippen LogP contribution in [0.2, 0.25) is 5.02 Å². The summed E-state index contributed by atoms with van der Waals surface area (Å²) in [7, 11) is 0. The van der Waals surface area contributed by atoms with Crippen molar-refractivity contribution in [3.05, 3.63) is 47.8 Å². The molecule has 0 saturated heterocycles. The van der Waals surface area contributed by atoms with Crippen molar-refractivity contribution in [2.45, 2.75) is 38.3 Å². The van der Waals surface area contributed by atoms with Crippen molar-refractivity contribution >= 4 is 17.5 Å². The lowest BCUT2D eigenvalue weighted by molar-refractivity contribution is -0.129. The second-order valence-electron chi connectivity index (χ2n) is 5.62. The smallest absolute Gasteiger partial charge is 0.247 e. The molecular weight excluding hydrogens is 314 g/mol. The topological polar surface area (TPSA) is 59.2 Å². The first-order chi connectivity index (χ1) is 11.2. The molecule has 5 nitrogen and oxygen atoms in total. The fraction of sp³-hybridized carbons (Fsp3) is 0.353. The Bertz CT molecular complexity index is 690. The van der Waals surface area contributed by atoms with Crippen molar-refractivity contribution in [2.75, 3.05) is 0 Å². The largest absolute Gasteiger partial charge is 0.419 e. The van der Waals surface area contributed by atoms with Gasteiger partial charge in [0.05, 0.1) is 6.54 Å². The van der Waals surface area contributed by atoms with Crippen molar-refractivity contribution in [2.24, 2.45) is 0 Å². The van der Waals surface area contributed by atoms with Gasteiger partial charge in [-0.25, -0.2) is 0 Å². The van der Waals surface area contributed by atoms with Crippen molar-refractivity contribution in [3.8, 4) is 11.5 Å². The standard InChI is InChI=1S/C17H18ClN3O2/c1-2-16(22)21(14-5-3-4-6-14)11-15-19-20-17(23-15)12-7-9-13(18)10-8-12/h2,7-10,14H,1,3-6,11H2. The van der Waals surface area contributed by atoms with Crippen LogP contribution in [0.5, 0.6) is 0 Å². The van der Waals surface area contributed by atoms with Gasteiger partial charge in [0.15, 0.2) is 0 Å². The molecule has 3 rings (SSSR count). The van der Waals surface area contributed by atoms with E-state index in [1.807, 2.05) is 12.1 Å². The van der Waals surface area contributed by atoms with E-state index in [1.54, 1.807) is 17.0 Å². The van der Waals surface area contributed by atoms with Gasteiger partial charge >= 0.3 is 0 Å². The second kappa shape index (κ2) is 6.96. The summed E-state index contributed by atoms with van der Waals surface area (Å²) in [5.41, 5.74) is 0.801. The molecule has 1 amide bonds. The van der Waals surface area contributed by atoms with E-state index in [9.17, 15) is 4.79 Å². The number of halogens is 1. The summed E-state index contributed by atoms with van der Waals surface area (Å²) < 4.78 is 5.70. The summed E-state index contributed by atoms with van der Waals surface area (Å²) in [5.74, 6) is 0.759. The summed E-state index contributed by atoms with van der Waals surface area (Å²) in [6.45, 7) is 3.90. The number of amides is 1. The molecule has 1 heterocycles. The van der Waals surface area contributed by atoms with E-state index in [1.165, 1.54) is 6.08 Å². The van der Waals surface area contributed by atoms with Crippen molar-refractivity contribution in [1.29, 1.82) is 0 Å². The third-order valence-electron chi connectivity index (χ3n) is 4.09. The van der Waals surface area contributed by atoms with Crippen LogP contribution < -0.4 is 0 Å². The lowest BCUT2D eigenvalue weighted by Crippen LogP contribution is -2.37. The van der Waals surface area contributed by atoms with Crippen LogP contribution in [0, 0.1) is 0 Å². The van der Waals surface area contributed by atoms with E-state index in [-0.39, 0.29) is 11.9 Å². The zero-order valence-electron chi connectivity index (χ0n) is 12.7. The molecule has 0 unspecified atom stereocenters. The van der Waals surface area contributed by atoms with Crippen LogP contribution in [0.3, 0.4) is 0 Å². The van der Waals surface area contributed by atoms with Gasteiger partial charge in [0.2, 0.25) is 17.7 Å². The zero-order valence-corrected chi connectivity index (χ0v) is 13.5. The van der Waals surface area contributed by atoms with E-state index in [2.05, 4.69) is 16.8 Å². The first-order valence-electron chi connectivity index (χ1n) is 7.68. The quantitative estimate of drug-likeness (QED) is 0.781. The number of carbonyl (C=O) groups excluding carboxylic acids is 1. The number of carbonyl (C=O) groups is 1. The highest BCUT2D eigenvalue weighted by Gasteiger charge is 2.27. The van der Waals surface area contributed by atoms with Crippen LogP contribution >= 0.6 is 11.6 Å². The molecule has 1 fully saturated rings. The van der Waals surface area contributed by atoms with Gasteiger partial charge in [-0.3, -0.25) is 4.79 Å². The molecule has 6 heteroatoms. The maximum atomic E-state index is 12.1. The second-order valence-corrected chi connectivity index (χ2v) is 6.05. The van der Waals surface area contributed by atoms with Gasteiger partial charge < -0.3 is 9.32 Å². The number of aromatic nitrogens is 2. The van der Waals surface area contributed by atoms with Gasteiger partial charge in [-0.2, -0.15) is 0 Å². The van der Waals surface area contributed by atoms with Crippen molar-refractivity contribution in [3.63, 3.8) is 0 Å². The van der Waals surface area contributed by atoms with Crippen LogP contribution in [0.25, 0.3) is 11.5 Å². The van der Waals surface area contributed by atoms with Crippen LogP contribution in [-0.2, 0) is 11.3 Å². The fourth-order valence-electron chi connectivity index (χ4n) is 2.89. The molecule has 0 spiro atoms. The van der Waals surface area contributed by atoms with E-state index in [0.29, 0.717) is 23.3 Å². The first-order valence-corrected chi connectivity index (χ1v) is 8.06. The Hall–Kier alpha value is -2.14. The molecule has 0 bridgehead atoms. The Balaban J connectivity index is 1.77. The van der Waals surface area contributed by atoms with Crippen molar-refractivity contribution < 1.29 is 9.21 Å². The molecule has 1 aliphatic rings. The Morgan fingerprint density at radius 1 is 1.30 bits per heavy atom. The molecular formula is C17H18ClN3O2. The van der Waals surface area contributed by atoms with E-state index in [4.69, 9.17) is 16.0 Å². The lowest BCUT2D eigenvalue weighted by Gasteiger charge is -2.26. The third-order valence-corrected chi connectivity index (χ3v) is 4.34. The van der Waals surface area contributed by atoms with Gasteiger partial charge in [0, 0.05) is 16.6 Å². The highest BCUT2D eigenvalue weighted by atomic mass is 35.5. The molecule has 2 aromatic rings. The van der Waals surface area contributed by atoms with E-state index < -0.39 is 0 Å². The Morgan fingerprint density at radius 2 is 2.00 bits per heavy atom. The monoisotopic (exact) mass is 331 g/mol. The van der Waals surface area contributed by atoms with Crippen LogP contribution in [0.4, 0.5) is 0 Å². The summed E-state index contributed by atoms with van der Waals surface area (Å²) in [4.78, 5) is 13.9. The number of benzene rings is 1.